The fourth-order valence-corrected chi connectivity index (χ4v) is 5.90. The molecule has 0 amide bonds. The fraction of sp³-hybridized carbons (Fsp3) is 0.600. The van der Waals surface area contributed by atoms with E-state index in [1.165, 1.54) is 55.8 Å². The molecule has 1 aromatic heterocycles. The van der Waals surface area contributed by atoms with Crippen LogP contribution < -0.4 is 10.2 Å². The summed E-state index contributed by atoms with van der Waals surface area (Å²) in [6.07, 6.45) is 4.93. The van der Waals surface area contributed by atoms with E-state index in [4.69, 9.17) is 9.97 Å². The minimum absolute atomic E-state index is 0.864. The van der Waals surface area contributed by atoms with Crippen molar-refractivity contribution in [2.75, 3.05) is 75.4 Å². The zero-order valence-electron chi connectivity index (χ0n) is 19.4. The highest BCUT2D eigenvalue weighted by atomic mass is 32.2. The van der Waals surface area contributed by atoms with Crippen molar-refractivity contribution >= 4 is 23.3 Å². The molecule has 1 N–H and O–H groups in total. The van der Waals surface area contributed by atoms with Crippen LogP contribution in [0, 0.1) is 0 Å². The van der Waals surface area contributed by atoms with E-state index in [0.29, 0.717) is 0 Å². The van der Waals surface area contributed by atoms with Gasteiger partial charge in [0.15, 0.2) is 5.82 Å². The Hall–Kier alpha value is -1.83. The molecule has 6 nitrogen and oxygen atoms in total. The molecule has 1 aromatic carbocycles. The Kier molecular flexibility index (Phi) is 7.15. The van der Waals surface area contributed by atoms with E-state index in [0.717, 1.165) is 67.9 Å². The molecule has 0 saturated carbocycles. The van der Waals surface area contributed by atoms with Gasteiger partial charge in [-0.25, -0.2) is 9.97 Å². The molecule has 0 atom stereocenters. The Morgan fingerprint density at radius 1 is 0.969 bits per heavy atom. The second-order valence-corrected chi connectivity index (χ2v) is 10.4. The van der Waals surface area contributed by atoms with Crippen LogP contribution in [0.2, 0.25) is 0 Å². The van der Waals surface area contributed by atoms with Gasteiger partial charge in [0.05, 0.1) is 5.69 Å². The zero-order chi connectivity index (χ0) is 21.8. The number of fused-ring (bicyclic) bond motifs is 1. The van der Waals surface area contributed by atoms with Crippen LogP contribution in [0.4, 0.5) is 11.5 Å². The first-order chi connectivity index (χ1) is 15.8. The quantitative estimate of drug-likeness (QED) is 0.644. The molecule has 172 valence electrons. The molecule has 5 rings (SSSR count). The first-order valence-electron chi connectivity index (χ1n) is 12.2. The van der Waals surface area contributed by atoms with Gasteiger partial charge in [-0.1, -0.05) is 0 Å². The number of aromatic nitrogens is 2. The topological polar surface area (TPSA) is 47.5 Å². The summed E-state index contributed by atoms with van der Waals surface area (Å²) in [6.45, 7) is 9.15. The number of rotatable bonds is 7. The SMILES string of the molecule is CN1CCN(c2ccc(-c3nc4c(c(NCCCN5CCCC5)n3)CSCC4)cc2)CC1. The van der Waals surface area contributed by atoms with E-state index in [1.54, 1.807) is 0 Å². The fourth-order valence-electron chi connectivity index (χ4n) is 4.91. The van der Waals surface area contributed by atoms with Crippen molar-refractivity contribution in [3.63, 3.8) is 0 Å². The molecule has 0 unspecified atom stereocenters. The molecule has 0 spiro atoms. The molecule has 0 bridgehead atoms. The van der Waals surface area contributed by atoms with Crippen molar-refractivity contribution in [2.24, 2.45) is 0 Å². The van der Waals surface area contributed by atoms with Crippen LogP contribution in [-0.2, 0) is 12.2 Å². The van der Waals surface area contributed by atoms with Gasteiger partial charge in [0.2, 0.25) is 0 Å². The number of aryl methyl sites for hydroxylation is 1. The smallest absolute Gasteiger partial charge is 0.161 e. The minimum atomic E-state index is 0.864. The first kappa shape index (κ1) is 22.0. The predicted molar refractivity (Wildman–Crippen MR) is 136 cm³/mol. The van der Waals surface area contributed by atoms with Gasteiger partial charge in [-0.3, -0.25) is 0 Å². The Morgan fingerprint density at radius 3 is 2.53 bits per heavy atom. The maximum atomic E-state index is 5.01. The number of benzene rings is 1. The standard InChI is InChI=1S/C25H36N6S/c1-29-14-16-31(17-15-29)21-7-5-20(6-8-21)24-27-23-9-18-32-19-22(23)25(28-24)26-10-4-13-30-11-2-3-12-30/h5-8H,2-4,9-19H2,1H3,(H,26,27,28). The summed E-state index contributed by atoms with van der Waals surface area (Å²) in [4.78, 5) is 17.5. The molecule has 7 heteroatoms. The first-order valence-corrected chi connectivity index (χ1v) is 13.4. The molecule has 4 heterocycles. The van der Waals surface area contributed by atoms with Crippen LogP contribution in [0.25, 0.3) is 11.4 Å². The minimum Gasteiger partial charge on any atom is -0.370 e. The second-order valence-electron chi connectivity index (χ2n) is 9.29. The van der Waals surface area contributed by atoms with Crippen molar-refractivity contribution in [2.45, 2.75) is 31.4 Å². The number of likely N-dealkylation sites (N-methyl/N-ethyl adjacent to an activating group) is 1. The van der Waals surface area contributed by atoms with Crippen LogP contribution in [-0.4, -0.2) is 84.9 Å². The highest BCUT2D eigenvalue weighted by Crippen LogP contribution is 2.31. The van der Waals surface area contributed by atoms with E-state index in [9.17, 15) is 0 Å². The lowest BCUT2D eigenvalue weighted by molar-refractivity contribution is 0.313. The van der Waals surface area contributed by atoms with Gasteiger partial charge in [0.25, 0.3) is 0 Å². The highest BCUT2D eigenvalue weighted by molar-refractivity contribution is 7.98. The largest absolute Gasteiger partial charge is 0.370 e. The number of hydrogen-bond acceptors (Lipinski definition) is 7. The van der Waals surface area contributed by atoms with Crippen LogP contribution in [0.5, 0.6) is 0 Å². The van der Waals surface area contributed by atoms with E-state index >= 15 is 0 Å². The van der Waals surface area contributed by atoms with Crippen LogP contribution in [0.1, 0.15) is 30.5 Å². The summed E-state index contributed by atoms with van der Waals surface area (Å²) in [5.74, 6) is 4.09. The third-order valence-corrected chi connectivity index (χ3v) is 7.94. The van der Waals surface area contributed by atoms with Gasteiger partial charge < -0.3 is 20.0 Å². The molecular weight excluding hydrogens is 416 g/mol. The number of thioether (sulfide) groups is 1. The van der Waals surface area contributed by atoms with Crippen LogP contribution >= 0.6 is 11.8 Å². The average molecular weight is 453 g/mol. The lowest BCUT2D eigenvalue weighted by Crippen LogP contribution is -2.44. The number of hydrogen-bond donors (Lipinski definition) is 1. The maximum absolute atomic E-state index is 5.01. The molecule has 2 saturated heterocycles. The van der Waals surface area contributed by atoms with Crippen molar-refractivity contribution < 1.29 is 0 Å². The zero-order valence-corrected chi connectivity index (χ0v) is 20.2. The van der Waals surface area contributed by atoms with Gasteiger partial charge in [-0.2, -0.15) is 11.8 Å². The van der Waals surface area contributed by atoms with E-state index < -0.39 is 0 Å². The number of anilines is 2. The number of nitrogens with zero attached hydrogens (tertiary/aromatic N) is 5. The molecule has 2 aromatic rings. The molecule has 32 heavy (non-hydrogen) atoms. The monoisotopic (exact) mass is 452 g/mol. The van der Waals surface area contributed by atoms with Gasteiger partial charge in [-0.05, 0) is 82.4 Å². The maximum Gasteiger partial charge on any atom is 0.161 e. The van der Waals surface area contributed by atoms with E-state index in [1.807, 2.05) is 11.8 Å². The van der Waals surface area contributed by atoms with Gasteiger partial charge in [0.1, 0.15) is 5.82 Å². The summed E-state index contributed by atoms with van der Waals surface area (Å²) in [5.41, 5.74) is 4.97. The van der Waals surface area contributed by atoms with Crippen molar-refractivity contribution in [1.82, 2.24) is 19.8 Å². The molecule has 0 radical (unpaired) electrons. The Bertz CT molecular complexity index is 888. The molecular formula is C25H36N6S. The molecule has 3 aliphatic heterocycles. The second kappa shape index (κ2) is 10.4. The number of nitrogens with one attached hydrogen (secondary N) is 1. The highest BCUT2D eigenvalue weighted by Gasteiger charge is 2.20. The third-order valence-electron chi connectivity index (χ3n) is 6.96. The summed E-state index contributed by atoms with van der Waals surface area (Å²) < 4.78 is 0. The van der Waals surface area contributed by atoms with Gasteiger partial charge >= 0.3 is 0 Å². The summed E-state index contributed by atoms with van der Waals surface area (Å²) in [6, 6.07) is 8.87. The Balaban J connectivity index is 1.29. The molecule has 0 aliphatic carbocycles. The Morgan fingerprint density at radius 2 is 1.75 bits per heavy atom. The predicted octanol–water partition coefficient (Wildman–Crippen LogP) is 3.58. The van der Waals surface area contributed by atoms with Crippen LogP contribution in [0.3, 0.4) is 0 Å². The number of piperazine rings is 1. The summed E-state index contributed by atoms with van der Waals surface area (Å²) in [5, 5.41) is 3.67. The molecule has 2 fully saturated rings. The number of likely N-dealkylation sites (tertiary alicyclic amines) is 1. The van der Waals surface area contributed by atoms with Gasteiger partial charge in [0, 0.05) is 55.3 Å². The van der Waals surface area contributed by atoms with E-state index in [2.05, 4.69) is 51.3 Å². The van der Waals surface area contributed by atoms with E-state index in [-0.39, 0.29) is 0 Å². The lowest BCUT2D eigenvalue weighted by Gasteiger charge is -2.34. The van der Waals surface area contributed by atoms with Crippen LogP contribution in [0.15, 0.2) is 24.3 Å². The molecule has 3 aliphatic rings. The van der Waals surface area contributed by atoms with Crippen molar-refractivity contribution in [3.8, 4) is 11.4 Å². The van der Waals surface area contributed by atoms with Gasteiger partial charge in [-0.15, -0.1) is 0 Å². The lowest BCUT2D eigenvalue weighted by atomic mass is 10.1. The third kappa shape index (κ3) is 5.21. The van der Waals surface area contributed by atoms with Crippen molar-refractivity contribution in [1.29, 1.82) is 0 Å². The van der Waals surface area contributed by atoms with Crippen molar-refractivity contribution in [3.05, 3.63) is 35.5 Å². The Labute approximate surface area is 196 Å². The normalized spacial score (nSPS) is 19.8. The average Bonchev–Trinajstić information content (AvgIpc) is 3.36. The summed E-state index contributed by atoms with van der Waals surface area (Å²) in [7, 11) is 2.20. The summed E-state index contributed by atoms with van der Waals surface area (Å²) >= 11 is 1.99.